The number of rotatable bonds is 2. The Hall–Kier alpha value is -0.800. The first-order valence-electron chi connectivity index (χ1n) is 3.21. The Kier molecular flexibility index (Phi) is 1.92. The smallest absolute Gasteiger partial charge is 0.0744 e. The Morgan fingerprint density at radius 2 is 1.45 bits per heavy atom. The topological polar surface area (TPSA) is 14.1 Å². The standard InChI is InChI=1S/C8H6NS2/c1-3-10-5-7(1)9-8-2-4-11-6-8/h1-6H. The maximum atomic E-state index is 4.38. The highest BCUT2D eigenvalue weighted by atomic mass is 32.1. The molecule has 0 aromatic carbocycles. The van der Waals surface area contributed by atoms with Crippen LogP contribution in [0.4, 0.5) is 11.4 Å². The Morgan fingerprint density at radius 1 is 0.909 bits per heavy atom. The molecule has 11 heavy (non-hydrogen) atoms. The van der Waals surface area contributed by atoms with Crippen LogP contribution in [0.25, 0.3) is 0 Å². The fourth-order valence-corrected chi connectivity index (χ4v) is 1.93. The van der Waals surface area contributed by atoms with Crippen LogP contribution < -0.4 is 5.32 Å². The molecular weight excluding hydrogens is 174 g/mol. The van der Waals surface area contributed by atoms with Crippen LogP contribution >= 0.6 is 22.7 Å². The summed E-state index contributed by atoms with van der Waals surface area (Å²) in [7, 11) is 0. The van der Waals surface area contributed by atoms with E-state index >= 15 is 0 Å². The zero-order valence-corrected chi connectivity index (χ0v) is 7.36. The van der Waals surface area contributed by atoms with Crippen molar-refractivity contribution in [2.24, 2.45) is 0 Å². The summed E-state index contributed by atoms with van der Waals surface area (Å²) in [5.41, 5.74) is 2.10. The third-order valence-corrected chi connectivity index (χ3v) is 2.61. The summed E-state index contributed by atoms with van der Waals surface area (Å²) in [4.78, 5) is 0. The molecule has 2 aromatic heterocycles. The second-order valence-corrected chi connectivity index (χ2v) is 3.63. The fourth-order valence-electron chi connectivity index (χ4n) is 0.791. The Bertz CT molecular complexity index is 264. The van der Waals surface area contributed by atoms with Crippen molar-refractivity contribution < 1.29 is 0 Å². The molecule has 0 saturated heterocycles. The van der Waals surface area contributed by atoms with Crippen LogP contribution in [0, 0.1) is 0 Å². The second kappa shape index (κ2) is 3.07. The van der Waals surface area contributed by atoms with E-state index in [9.17, 15) is 0 Å². The van der Waals surface area contributed by atoms with Gasteiger partial charge in [0.05, 0.1) is 11.4 Å². The summed E-state index contributed by atoms with van der Waals surface area (Å²) in [5.74, 6) is 0. The van der Waals surface area contributed by atoms with Crippen LogP contribution in [0.2, 0.25) is 0 Å². The molecule has 0 atom stereocenters. The molecular formula is C8H6NS2. The summed E-state index contributed by atoms with van der Waals surface area (Å²) in [6.07, 6.45) is 0. The molecule has 0 fully saturated rings. The first-order valence-corrected chi connectivity index (χ1v) is 5.10. The van der Waals surface area contributed by atoms with E-state index in [1.54, 1.807) is 22.7 Å². The minimum absolute atomic E-state index is 1.05. The molecule has 3 heteroatoms. The predicted molar refractivity (Wildman–Crippen MR) is 50.1 cm³/mol. The SMILES string of the molecule is c1cc([N]c2ccsc2)cs1. The molecule has 0 spiro atoms. The van der Waals surface area contributed by atoms with Crippen molar-refractivity contribution in [3.05, 3.63) is 33.7 Å². The molecule has 0 bridgehead atoms. The Labute approximate surface area is 73.3 Å². The summed E-state index contributed by atoms with van der Waals surface area (Å²) < 4.78 is 0. The van der Waals surface area contributed by atoms with Gasteiger partial charge in [-0.05, 0) is 22.9 Å². The lowest BCUT2D eigenvalue weighted by molar-refractivity contribution is 1.21. The van der Waals surface area contributed by atoms with Gasteiger partial charge in [-0.25, -0.2) is 5.32 Å². The van der Waals surface area contributed by atoms with Crippen LogP contribution in [-0.4, -0.2) is 0 Å². The average Bonchev–Trinajstić information content (AvgIpc) is 2.60. The van der Waals surface area contributed by atoms with E-state index in [-0.39, 0.29) is 0 Å². The monoisotopic (exact) mass is 180 g/mol. The van der Waals surface area contributed by atoms with E-state index < -0.39 is 0 Å². The maximum absolute atomic E-state index is 4.38. The van der Waals surface area contributed by atoms with E-state index in [2.05, 4.69) is 5.32 Å². The molecule has 0 amide bonds. The first-order chi connectivity index (χ1) is 5.45. The van der Waals surface area contributed by atoms with Crippen LogP contribution in [0.1, 0.15) is 0 Å². The van der Waals surface area contributed by atoms with Crippen molar-refractivity contribution in [2.45, 2.75) is 0 Å². The van der Waals surface area contributed by atoms with Crippen LogP contribution in [-0.2, 0) is 0 Å². The molecule has 0 unspecified atom stereocenters. The van der Waals surface area contributed by atoms with E-state index in [0.717, 1.165) is 11.4 Å². The third kappa shape index (κ3) is 1.61. The zero-order chi connectivity index (χ0) is 7.52. The van der Waals surface area contributed by atoms with Gasteiger partial charge in [-0.15, -0.1) is 0 Å². The third-order valence-electron chi connectivity index (χ3n) is 1.27. The van der Waals surface area contributed by atoms with Crippen LogP contribution in [0.3, 0.4) is 0 Å². The Balaban J connectivity index is 2.14. The minimum Gasteiger partial charge on any atom is -0.247 e. The summed E-state index contributed by atoms with van der Waals surface area (Å²) in [5, 5.41) is 12.5. The molecule has 0 aliphatic carbocycles. The normalized spacial score (nSPS) is 9.82. The molecule has 1 nitrogen and oxygen atoms in total. The van der Waals surface area contributed by atoms with Gasteiger partial charge in [-0.2, -0.15) is 22.7 Å². The van der Waals surface area contributed by atoms with Gasteiger partial charge < -0.3 is 0 Å². The molecule has 2 aromatic rings. The molecule has 2 heterocycles. The highest BCUT2D eigenvalue weighted by Crippen LogP contribution is 2.20. The van der Waals surface area contributed by atoms with Gasteiger partial charge in [0.1, 0.15) is 0 Å². The number of hydrogen-bond acceptors (Lipinski definition) is 2. The lowest BCUT2D eigenvalue weighted by Crippen LogP contribution is -1.81. The molecule has 0 aliphatic heterocycles. The number of hydrogen-bond donors (Lipinski definition) is 0. The molecule has 0 N–H and O–H groups in total. The van der Waals surface area contributed by atoms with E-state index in [1.165, 1.54) is 0 Å². The summed E-state index contributed by atoms with van der Waals surface area (Å²) in [6.45, 7) is 0. The highest BCUT2D eigenvalue weighted by Gasteiger charge is 1.95. The average molecular weight is 180 g/mol. The zero-order valence-electron chi connectivity index (χ0n) is 5.73. The molecule has 0 aliphatic rings. The Morgan fingerprint density at radius 3 is 1.82 bits per heavy atom. The van der Waals surface area contributed by atoms with Gasteiger partial charge in [0, 0.05) is 10.8 Å². The van der Waals surface area contributed by atoms with Crippen molar-refractivity contribution in [2.75, 3.05) is 0 Å². The van der Waals surface area contributed by atoms with Gasteiger partial charge in [0.15, 0.2) is 0 Å². The van der Waals surface area contributed by atoms with E-state index in [0.29, 0.717) is 0 Å². The predicted octanol–water partition coefficient (Wildman–Crippen LogP) is 3.38. The molecule has 55 valence electrons. The lowest BCUT2D eigenvalue weighted by atomic mass is 10.4. The fraction of sp³-hybridized carbons (Fsp3) is 0. The van der Waals surface area contributed by atoms with Crippen molar-refractivity contribution in [1.29, 1.82) is 0 Å². The largest absolute Gasteiger partial charge is 0.247 e. The van der Waals surface area contributed by atoms with Crippen LogP contribution in [0.15, 0.2) is 33.7 Å². The van der Waals surface area contributed by atoms with E-state index in [4.69, 9.17) is 0 Å². The molecule has 1 radical (unpaired) electrons. The lowest BCUT2D eigenvalue weighted by Gasteiger charge is -1.92. The second-order valence-electron chi connectivity index (χ2n) is 2.07. The van der Waals surface area contributed by atoms with Gasteiger partial charge >= 0.3 is 0 Å². The number of nitrogens with zero attached hydrogens (tertiary/aromatic N) is 1. The van der Waals surface area contributed by atoms with Gasteiger partial charge in [0.2, 0.25) is 0 Å². The van der Waals surface area contributed by atoms with Gasteiger partial charge in [-0.1, -0.05) is 0 Å². The number of thiophene rings is 2. The maximum Gasteiger partial charge on any atom is 0.0744 e. The quantitative estimate of drug-likeness (QED) is 0.672. The van der Waals surface area contributed by atoms with Crippen LogP contribution in [0.5, 0.6) is 0 Å². The van der Waals surface area contributed by atoms with Gasteiger partial charge in [-0.3, -0.25) is 0 Å². The minimum atomic E-state index is 1.05. The van der Waals surface area contributed by atoms with Crippen molar-refractivity contribution >= 4 is 34.0 Å². The first kappa shape index (κ1) is 6.88. The van der Waals surface area contributed by atoms with Crippen molar-refractivity contribution in [1.82, 2.24) is 5.32 Å². The summed E-state index contributed by atoms with van der Waals surface area (Å²) >= 11 is 3.34. The summed E-state index contributed by atoms with van der Waals surface area (Å²) in [6, 6.07) is 4.03. The van der Waals surface area contributed by atoms with Crippen molar-refractivity contribution in [3.8, 4) is 0 Å². The molecule has 0 saturated carbocycles. The van der Waals surface area contributed by atoms with Gasteiger partial charge in [0.25, 0.3) is 0 Å². The van der Waals surface area contributed by atoms with Crippen molar-refractivity contribution in [3.63, 3.8) is 0 Å². The van der Waals surface area contributed by atoms with E-state index in [1.807, 2.05) is 33.7 Å². The molecule has 2 rings (SSSR count). The highest BCUT2D eigenvalue weighted by molar-refractivity contribution is 7.08.